The van der Waals surface area contributed by atoms with E-state index in [9.17, 15) is 5.11 Å². The minimum Gasteiger partial charge on any atom is -0.393 e. The first-order valence-corrected chi connectivity index (χ1v) is 6.31. The highest BCUT2D eigenvalue weighted by Crippen LogP contribution is 2.22. The van der Waals surface area contributed by atoms with Gasteiger partial charge in [0.15, 0.2) is 0 Å². The predicted molar refractivity (Wildman–Crippen MR) is 63.3 cm³/mol. The van der Waals surface area contributed by atoms with Crippen LogP contribution in [0.5, 0.6) is 0 Å². The maximum Gasteiger partial charge on any atom is 0.115 e. The average Bonchev–Trinajstić information content (AvgIpc) is 2.30. The van der Waals surface area contributed by atoms with Crippen LogP contribution in [0.1, 0.15) is 49.6 Å². The molecule has 1 aliphatic rings. The van der Waals surface area contributed by atoms with E-state index in [1.165, 1.54) is 24.1 Å². The highest BCUT2D eigenvalue weighted by molar-refractivity contribution is 5.27. The van der Waals surface area contributed by atoms with Crippen LogP contribution < -0.4 is 0 Å². The van der Waals surface area contributed by atoms with Gasteiger partial charge in [0.2, 0.25) is 0 Å². The van der Waals surface area contributed by atoms with Gasteiger partial charge < -0.3 is 5.11 Å². The number of aromatic nitrogens is 2. The van der Waals surface area contributed by atoms with Gasteiger partial charge in [-0.05, 0) is 37.7 Å². The van der Waals surface area contributed by atoms with Crippen LogP contribution in [0.4, 0.5) is 0 Å². The maximum atomic E-state index is 9.84. The molecule has 0 bridgehead atoms. The van der Waals surface area contributed by atoms with Gasteiger partial charge in [-0.25, -0.2) is 9.97 Å². The quantitative estimate of drug-likeness (QED) is 0.844. The molecule has 2 rings (SSSR count). The minimum atomic E-state index is -0.245. The van der Waals surface area contributed by atoms with E-state index in [1.54, 1.807) is 6.33 Å². The number of aliphatic hydroxyl groups is 1. The molecule has 88 valence electrons. The fraction of sp³-hybridized carbons (Fsp3) is 0.692. The summed E-state index contributed by atoms with van der Waals surface area (Å²) in [4.78, 5) is 8.68. The summed E-state index contributed by atoms with van der Waals surface area (Å²) in [6.45, 7) is 2.10. The number of aryl methyl sites for hydroxylation is 1. The van der Waals surface area contributed by atoms with E-state index in [2.05, 4.69) is 16.9 Å². The van der Waals surface area contributed by atoms with Gasteiger partial charge in [-0.15, -0.1) is 0 Å². The molecular weight excluding hydrogens is 200 g/mol. The van der Waals surface area contributed by atoms with Gasteiger partial charge in [0.1, 0.15) is 6.33 Å². The summed E-state index contributed by atoms with van der Waals surface area (Å²) < 4.78 is 0. The van der Waals surface area contributed by atoms with Crippen molar-refractivity contribution >= 4 is 0 Å². The molecule has 0 aliphatic heterocycles. The Balaban J connectivity index is 2.14. The Kier molecular flexibility index (Phi) is 3.88. The molecule has 1 aromatic rings. The summed E-state index contributed by atoms with van der Waals surface area (Å²) in [5.74, 6) is 0. The highest BCUT2D eigenvalue weighted by Gasteiger charge is 2.17. The lowest BCUT2D eigenvalue weighted by Gasteiger charge is -2.18. The molecule has 16 heavy (non-hydrogen) atoms. The second-order valence-corrected chi connectivity index (χ2v) is 4.60. The van der Waals surface area contributed by atoms with Crippen LogP contribution in [0.3, 0.4) is 0 Å². The van der Waals surface area contributed by atoms with Crippen LogP contribution in [-0.2, 0) is 19.3 Å². The third kappa shape index (κ3) is 2.59. The van der Waals surface area contributed by atoms with Crippen molar-refractivity contribution < 1.29 is 5.11 Å². The van der Waals surface area contributed by atoms with Gasteiger partial charge >= 0.3 is 0 Å². The van der Waals surface area contributed by atoms with Crippen molar-refractivity contribution in [3.63, 3.8) is 0 Å². The van der Waals surface area contributed by atoms with Crippen molar-refractivity contribution in [1.29, 1.82) is 0 Å². The number of hydrogen-bond donors (Lipinski definition) is 1. The number of hydrogen-bond acceptors (Lipinski definition) is 3. The maximum absolute atomic E-state index is 9.84. The first-order chi connectivity index (χ1) is 7.81. The van der Waals surface area contributed by atoms with E-state index in [4.69, 9.17) is 0 Å². The van der Waals surface area contributed by atoms with Gasteiger partial charge in [-0.3, -0.25) is 0 Å². The van der Waals surface area contributed by atoms with Crippen molar-refractivity contribution in [3.05, 3.63) is 23.3 Å². The molecule has 0 radical (unpaired) electrons. The zero-order valence-corrected chi connectivity index (χ0v) is 9.95. The zero-order valence-electron chi connectivity index (χ0n) is 9.95. The molecule has 3 heteroatoms. The molecule has 0 saturated heterocycles. The lowest BCUT2D eigenvalue weighted by Crippen LogP contribution is -2.16. The summed E-state index contributed by atoms with van der Waals surface area (Å²) >= 11 is 0. The van der Waals surface area contributed by atoms with Crippen LogP contribution >= 0.6 is 0 Å². The van der Waals surface area contributed by atoms with Gasteiger partial charge in [-0.2, -0.15) is 0 Å². The molecule has 0 fully saturated rings. The fourth-order valence-corrected chi connectivity index (χ4v) is 2.42. The normalized spacial score (nSPS) is 16.9. The lowest BCUT2D eigenvalue weighted by molar-refractivity contribution is 0.162. The monoisotopic (exact) mass is 220 g/mol. The van der Waals surface area contributed by atoms with E-state index in [0.29, 0.717) is 6.42 Å². The van der Waals surface area contributed by atoms with E-state index >= 15 is 0 Å². The molecule has 3 nitrogen and oxygen atoms in total. The van der Waals surface area contributed by atoms with E-state index in [-0.39, 0.29) is 6.10 Å². The van der Waals surface area contributed by atoms with Crippen LogP contribution in [-0.4, -0.2) is 21.2 Å². The number of aliphatic hydroxyl groups excluding tert-OH is 1. The summed E-state index contributed by atoms with van der Waals surface area (Å²) in [5.41, 5.74) is 3.59. The Morgan fingerprint density at radius 2 is 2.12 bits per heavy atom. The van der Waals surface area contributed by atoms with Crippen molar-refractivity contribution in [2.24, 2.45) is 0 Å². The Morgan fingerprint density at radius 3 is 2.94 bits per heavy atom. The van der Waals surface area contributed by atoms with Crippen LogP contribution in [0, 0.1) is 0 Å². The van der Waals surface area contributed by atoms with Crippen molar-refractivity contribution in [2.75, 3.05) is 0 Å². The highest BCUT2D eigenvalue weighted by atomic mass is 16.3. The summed E-state index contributed by atoms with van der Waals surface area (Å²) in [6.07, 6.45) is 8.62. The smallest absolute Gasteiger partial charge is 0.115 e. The largest absolute Gasteiger partial charge is 0.393 e. The summed E-state index contributed by atoms with van der Waals surface area (Å²) in [7, 11) is 0. The van der Waals surface area contributed by atoms with Crippen LogP contribution in [0.15, 0.2) is 6.33 Å². The van der Waals surface area contributed by atoms with Crippen molar-refractivity contribution in [2.45, 2.75) is 58.0 Å². The standard InChI is InChI=1S/C13H20N2O/c1-2-5-10(16)8-13-11-6-3-4-7-12(11)14-9-15-13/h9-10,16H,2-8H2,1H3. The first-order valence-electron chi connectivity index (χ1n) is 6.31. The zero-order chi connectivity index (χ0) is 11.4. The topological polar surface area (TPSA) is 46.0 Å². The number of nitrogens with zero attached hydrogens (tertiary/aromatic N) is 2. The molecule has 1 unspecified atom stereocenters. The molecule has 1 aromatic heterocycles. The van der Waals surface area contributed by atoms with Crippen molar-refractivity contribution in [3.8, 4) is 0 Å². The van der Waals surface area contributed by atoms with Gasteiger partial charge in [0.25, 0.3) is 0 Å². The fourth-order valence-electron chi connectivity index (χ4n) is 2.42. The van der Waals surface area contributed by atoms with Crippen LogP contribution in [0.25, 0.3) is 0 Å². The van der Waals surface area contributed by atoms with Crippen LogP contribution in [0.2, 0.25) is 0 Å². The summed E-state index contributed by atoms with van der Waals surface area (Å²) in [6, 6.07) is 0. The Hall–Kier alpha value is -0.960. The molecule has 1 N–H and O–H groups in total. The molecule has 1 heterocycles. The van der Waals surface area contributed by atoms with Crippen molar-refractivity contribution in [1.82, 2.24) is 9.97 Å². The van der Waals surface area contributed by atoms with E-state index < -0.39 is 0 Å². The van der Waals surface area contributed by atoms with Gasteiger partial charge in [-0.1, -0.05) is 13.3 Å². The SMILES string of the molecule is CCCC(O)Cc1ncnc2c1CCCC2. The second-order valence-electron chi connectivity index (χ2n) is 4.60. The molecule has 0 saturated carbocycles. The number of fused-ring (bicyclic) bond motifs is 1. The van der Waals surface area contributed by atoms with E-state index in [1.807, 2.05) is 0 Å². The molecule has 1 atom stereocenters. The summed E-state index contributed by atoms with van der Waals surface area (Å²) in [5, 5.41) is 9.84. The second kappa shape index (κ2) is 5.39. The van der Waals surface area contributed by atoms with Gasteiger partial charge in [0.05, 0.1) is 6.10 Å². The molecule has 1 aliphatic carbocycles. The number of rotatable bonds is 4. The molecule has 0 aromatic carbocycles. The molecular formula is C13H20N2O. The average molecular weight is 220 g/mol. The molecule has 0 amide bonds. The Morgan fingerprint density at radius 1 is 1.31 bits per heavy atom. The van der Waals surface area contributed by atoms with E-state index in [0.717, 1.165) is 31.4 Å². The predicted octanol–water partition coefficient (Wildman–Crippen LogP) is 2.06. The third-order valence-corrected chi connectivity index (χ3v) is 3.27. The lowest BCUT2D eigenvalue weighted by atomic mass is 9.92. The third-order valence-electron chi connectivity index (χ3n) is 3.27. The molecule has 0 spiro atoms. The van der Waals surface area contributed by atoms with Gasteiger partial charge in [0, 0.05) is 17.8 Å². The Labute approximate surface area is 96.9 Å². The first kappa shape index (κ1) is 11.5. The minimum absolute atomic E-state index is 0.245. The Bertz CT molecular complexity index is 352.